The minimum Gasteiger partial charge on any atom is -0.441 e. The molecule has 0 unspecified atom stereocenters. The Morgan fingerprint density at radius 2 is 1.97 bits per heavy atom. The summed E-state index contributed by atoms with van der Waals surface area (Å²) in [5.41, 5.74) is -0.259. The van der Waals surface area contributed by atoms with Gasteiger partial charge in [0.05, 0.1) is 11.8 Å². The lowest BCUT2D eigenvalue weighted by Gasteiger charge is -2.11. The van der Waals surface area contributed by atoms with E-state index < -0.39 is 11.6 Å². The first-order valence-corrected chi connectivity index (χ1v) is 11.7. The molecule has 1 aromatic carbocycles. The van der Waals surface area contributed by atoms with Crippen LogP contribution in [0.15, 0.2) is 34.0 Å². The first-order valence-electron chi connectivity index (χ1n) is 10.5. The van der Waals surface area contributed by atoms with E-state index in [1.165, 1.54) is 12.3 Å². The van der Waals surface area contributed by atoms with Crippen molar-refractivity contribution in [3.05, 3.63) is 47.7 Å². The predicted molar refractivity (Wildman–Crippen MR) is 118 cm³/mol. The van der Waals surface area contributed by atoms with Crippen LogP contribution in [0.4, 0.5) is 8.78 Å². The summed E-state index contributed by atoms with van der Waals surface area (Å²) >= 11 is 1.57. The molecule has 2 aromatic heterocycles. The number of halogens is 2. The number of nitrogens with zero attached hydrogens (tertiary/aromatic N) is 4. The number of aromatic nitrogens is 4. The van der Waals surface area contributed by atoms with Crippen molar-refractivity contribution in [2.75, 3.05) is 12.8 Å². The molecular weight excluding hydrogens is 436 g/mol. The number of aryl methyl sites for hydroxylation is 2. The predicted octanol–water partition coefficient (Wildman–Crippen LogP) is 4.27. The Labute approximate surface area is 190 Å². The van der Waals surface area contributed by atoms with Crippen LogP contribution in [0.3, 0.4) is 0 Å². The van der Waals surface area contributed by atoms with Gasteiger partial charge in [-0.3, -0.25) is 4.79 Å². The van der Waals surface area contributed by atoms with E-state index in [0.29, 0.717) is 12.5 Å². The second-order valence-corrected chi connectivity index (χ2v) is 8.55. The van der Waals surface area contributed by atoms with E-state index in [2.05, 4.69) is 38.9 Å². The first-order chi connectivity index (χ1) is 15.4. The Balaban J connectivity index is 1.44. The molecule has 32 heavy (non-hydrogen) atoms. The maximum absolute atomic E-state index is 13.9. The summed E-state index contributed by atoms with van der Waals surface area (Å²) in [4.78, 5) is 16.2. The fourth-order valence-corrected chi connectivity index (χ4v) is 3.78. The fraction of sp³-hybridized carbons (Fsp3) is 0.455. The van der Waals surface area contributed by atoms with Crippen molar-refractivity contribution in [1.29, 1.82) is 0 Å². The largest absolute Gasteiger partial charge is 0.441 e. The maximum Gasteiger partial charge on any atom is 0.220 e. The highest BCUT2D eigenvalue weighted by Crippen LogP contribution is 2.26. The van der Waals surface area contributed by atoms with E-state index in [1.54, 1.807) is 11.8 Å². The van der Waals surface area contributed by atoms with Gasteiger partial charge in [0.25, 0.3) is 0 Å². The van der Waals surface area contributed by atoms with Gasteiger partial charge in [0, 0.05) is 32.4 Å². The van der Waals surface area contributed by atoms with Crippen LogP contribution >= 0.6 is 11.8 Å². The number of amides is 1. The summed E-state index contributed by atoms with van der Waals surface area (Å²) in [6.07, 6.45) is 5.12. The van der Waals surface area contributed by atoms with E-state index in [1.807, 2.05) is 6.26 Å². The molecule has 0 fully saturated rings. The molecule has 172 valence electrons. The maximum atomic E-state index is 13.9. The van der Waals surface area contributed by atoms with Crippen LogP contribution in [-0.2, 0) is 24.2 Å². The zero-order valence-corrected chi connectivity index (χ0v) is 19.2. The van der Waals surface area contributed by atoms with E-state index >= 15 is 0 Å². The van der Waals surface area contributed by atoms with Crippen molar-refractivity contribution in [2.45, 2.75) is 51.2 Å². The summed E-state index contributed by atoms with van der Waals surface area (Å²) in [6, 6.07) is 3.59. The van der Waals surface area contributed by atoms with Crippen LogP contribution in [0.5, 0.6) is 0 Å². The molecule has 3 aromatic rings. The molecule has 0 radical (unpaired) electrons. The third-order valence-corrected chi connectivity index (χ3v) is 5.42. The number of hydrogen-bond acceptors (Lipinski definition) is 6. The number of thioether (sulfide) groups is 1. The van der Waals surface area contributed by atoms with E-state index in [9.17, 15) is 13.6 Å². The van der Waals surface area contributed by atoms with Crippen molar-refractivity contribution in [3.63, 3.8) is 0 Å². The summed E-state index contributed by atoms with van der Waals surface area (Å²) in [5.74, 6) is 0.0789. The highest BCUT2D eigenvalue weighted by Gasteiger charge is 2.16. The molecule has 0 bridgehead atoms. The molecule has 0 aliphatic heterocycles. The van der Waals surface area contributed by atoms with Gasteiger partial charge in [0.1, 0.15) is 17.5 Å². The topological polar surface area (TPSA) is 85.8 Å². The van der Waals surface area contributed by atoms with Gasteiger partial charge in [-0.15, -0.1) is 10.2 Å². The molecule has 7 nitrogen and oxygen atoms in total. The van der Waals surface area contributed by atoms with Crippen molar-refractivity contribution in [3.8, 4) is 11.3 Å². The highest BCUT2D eigenvalue weighted by atomic mass is 32.2. The smallest absolute Gasteiger partial charge is 0.220 e. The van der Waals surface area contributed by atoms with Crippen LogP contribution in [0, 0.1) is 17.6 Å². The first kappa shape index (κ1) is 23.9. The lowest BCUT2D eigenvalue weighted by Crippen LogP contribution is -2.25. The Bertz CT molecular complexity index is 1030. The number of oxazole rings is 1. The summed E-state index contributed by atoms with van der Waals surface area (Å²) in [6.45, 7) is 5.68. The highest BCUT2D eigenvalue weighted by molar-refractivity contribution is 7.98. The Morgan fingerprint density at radius 1 is 1.22 bits per heavy atom. The van der Waals surface area contributed by atoms with Crippen molar-refractivity contribution in [2.24, 2.45) is 5.92 Å². The molecule has 10 heteroatoms. The van der Waals surface area contributed by atoms with Gasteiger partial charge in [-0.2, -0.15) is 0 Å². The molecule has 0 spiro atoms. The van der Waals surface area contributed by atoms with Crippen molar-refractivity contribution in [1.82, 2.24) is 25.1 Å². The molecule has 0 aliphatic carbocycles. The number of benzene rings is 1. The average Bonchev–Trinajstić information content (AvgIpc) is 3.36. The molecule has 3 rings (SSSR count). The Morgan fingerprint density at radius 3 is 2.66 bits per heavy atom. The number of rotatable bonds is 11. The van der Waals surface area contributed by atoms with Gasteiger partial charge in [-0.05, 0) is 30.7 Å². The zero-order chi connectivity index (χ0) is 23.1. The molecular formula is C22H27F2N5O2S. The molecule has 0 aliphatic rings. The van der Waals surface area contributed by atoms with Gasteiger partial charge < -0.3 is 14.3 Å². The third-order valence-electron chi connectivity index (χ3n) is 4.75. The lowest BCUT2D eigenvalue weighted by molar-refractivity contribution is -0.121. The van der Waals surface area contributed by atoms with Crippen LogP contribution in [-0.4, -0.2) is 38.5 Å². The number of carbonyl (C=O) groups is 1. The van der Waals surface area contributed by atoms with Gasteiger partial charge >= 0.3 is 0 Å². The average molecular weight is 464 g/mol. The van der Waals surface area contributed by atoms with Crippen molar-refractivity contribution < 1.29 is 18.0 Å². The Hall–Kier alpha value is -2.75. The van der Waals surface area contributed by atoms with Crippen LogP contribution in [0.25, 0.3) is 11.3 Å². The zero-order valence-electron chi connectivity index (χ0n) is 18.4. The standard InChI is InChI=1S/C22H27F2N5O2S/c1-14(2)13-29-18(27-28-22(29)32-3)8-5-11-25-19(30)9-10-20-26-12-17(31-20)21-15(23)6-4-7-16(21)24/h4,6-7,12,14H,5,8-11,13H2,1-3H3,(H,25,30). The number of nitrogens with one attached hydrogen (secondary N) is 1. The van der Waals surface area contributed by atoms with Gasteiger partial charge in [-0.25, -0.2) is 13.8 Å². The van der Waals surface area contributed by atoms with Crippen LogP contribution in [0.2, 0.25) is 0 Å². The van der Waals surface area contributed by atoms with Crippen LogP contribution < -0.4 is 5.32 Å². The molecule has 2 heterocycles. The molecule has 1 amide bonds. The van der Waals surface area contributed by atoms with E-state index in [4.69, 9.17) is 4.42 Å². The fourth-order valence-electron chi connectivity index (χ4n) is 3.26. The summed E-state index contributed by atoms with van der Waals surface area (Å²) < 4.78 is 35.3. The molecule has 0 saturated carbocycles. The molecule has 1 N–H and O–H groups in total. The van der Waals surface area contributed by atoms with Gasteiger partial charge in [0.2, 0.25) is 5.91 Å². The second-order valence-electron chi connectivity index (χ2n) is 7.78. The summed E-state index contributed by atoms with van der Waals surface area (Å²) in [5, 5.41) is 12.3. The number of carbonyl (C=O) groups excluding carboxylic acids is 1. The Kier molecular flexibility index (Phi) is 8.38. The lowest BCUT2D eigenvalue weighted by atomic mass is 10.1. The molecule has 0 saturated heterocycles. The van der Waals surface area contributed by atoms with Crippen LogP contribution in [0.1, 0.15) is 38.4 Å². The quantitative estimate of drug-likeness (QED) is 0.338. The van der Waals surface area contributed by atoms with E-state index in [0.717, 1.165) is 42.5 Å². The number of hydrogen-bond donors (Lipinski definition) is 1. The SMILES string of the molecule is CSc1nnc(CCCNC(=O)CCc2ncc(-c3c(F)cccc3F)o2)n1CC(C)C. The minimum atomic E-state index is -0.723. The molecule has 0 atom stereocenters. The van der Waals surface area contributed by atoms with Gasteiger partial charge in [-0.1, -0.05) is 31.7 Å². The van der Waals surface area contributed by atoms with Crippen molar-refractivity contribution >= 4 is 17.7 Å². The third kappa shape index (κ3) is 6.15. The van der Waals surface area contributed by atoms with E-state index in [-0.39, 0.29) is 36.0 Å². The minimum absolute atomic E-state index is 0.00568. The van der Waals surface area contributed by atoms with Gasteiger partial charge in [0.15, 0.2) is 16.8 Å². The normalized spacial score (nSPS) is 11.3. The summed E-state index contributed by atoms with van der Waals surface area (Å²) in [7, 11) is 0. The second kappa shape index (κ2) is 11.2. The monoisotopic (exact) mass is 463 g/mol.